The molecule has 6 rings (SSSR count). The van der Waals surface area contributed by atoms with Crippen LogP contribution in [0.2, 0.25) is 0 Å². The number of rotatable bonds is 7. The first-order chi connectivity index (χ1) is 19.7. The highest BCUT2D eigenvalue weighted by Gasteiger charge is 2.27. The summed E-state index contributed by atoms with van der Waals surface area (Å²) in [4.78, 5) is 20.4. The number of sulfone groups is 1. The van der Waals surface area contributed by atoms with Crippen LogP contribution in [0.15, 0.2) is 83.7 Å². The van der Waals surface area contributed by atoms with Gasteiger partial charge in [0, 0.05) is 43.7 Å². The van der Waals surface area contributed by atoms with Crippen molar-refractivity contribution in [3.63, 3.8) is 0 Å². The predicted molar refractivity (Wildman–Crippen MR) is 157 cm³/mol. The molecule has 41 heavy (non-hydrogen) atoms. The van der Waals surface area contributed by atoms with Crippen LogP contribution in [0.1, 0.15) is 59.8 Å². The number of aromatic nitrogens is 5. The van der Waals surface area contributed by atoms with Crippen molar-refractivity contribution < 1.29 is 13.2 Å². The molecule has 1 saturated heterocycles. The zero-order valence-electron chi connectivity index (χ0n) is 23.1. The van der Waals surface area contributed by atoms with Gasteiger partial charge in [-0.3, -0.25) is 9.69 Å². The first kappa shape index (κ1) is 27.1. The number of amides is 1. The molecule has 1 aliphatic carbocycles. The Kier molecular flexibility index (Phi) is 7.31. The maximum Gasteiger partial charge on any atom is 0.262 e. The molecule has 2 unspecified atom stereocenters. The molecule has 2 atom stereocenters. The van der Waals surface area contributed by atoms with E-state index in [1.165, 1.54) is 18.0 Å². The number of hydrogen-bond acceptors (Lipinski definition) is 7. The highest BCUT2D eigenvalue weighted by atomic mass is 32.2. The lowest BCUT2D eigenvalue weighted by molar-refractivity contribution is 0.102. The van der Waals surface area contributed by atoms with Crippen molar-refractivity contribution in [1.82, 2.24) is 29.3 Å². The van der Waals surface area contributed by atoms with Crippen molar-refractivity contribution in [2.75, 3.05) is 24.7 Å². The molecule has 1 fully saturated rings. The van der Waals surface area contributed by atoms with E-state index in [0.29, 0.717) is 21.9 Å². The van der Waals surface area contributed by atoms with Gasteiger partial charge in [0.05, 0.1) is 22.8 Å². The van der Waals surface area contributed by atoms with Gasteiger partial charge < -0.3 is 5.32 Å². The van der Waals surface area contributed by atoms with Crippen LogP contribution < -0.4 is 5.32 Å². The normalized spacial score (nSPS) is 19.8. The molecule has 0 radical (unpaired) electrons. The molecule has 1 amide bonds. The fraction of sp³-hybridized carbons (Fsp3) is 0.333. The van der Waals surface area contributed by atoms with Crippen molar-refractivity contribution in [1.29, 1.82) is 0 Å². The van der Waals surface area contributed by atoms with E-state index < -0.39 is 9.84 Å². The largest absolute Gasteiger partial charge is 0.307 e. The van der Waals surface area contributed by atoms with Gasteiger partial charge in [-0.25, -0.2) is 22.6 Å². The fourth-order valence-electron chi connectivity index (χ4n) is 5.57. The third-order valence-corrected chi connectivity index (χ3v) is 8.91. The van der Waals surface area contributed by atoms with E-state index >= 15 is 0 Å². The van der Waals surface area contributed by atoms with Gasteiger partial charge in [-0.05, 0) is 56.5 Å². The van der Waals surface area contributed by atoms with Crippen LogP contribution >= 0.6 is 0 Å². The van der Waals surface area contributed by atoms with E-state index in [4.69, 9.17) is 5.10 Å². The summed E-state index contributed by atoms with van der Waals surface area (Å²) in [6.07, 6.45) is 15.4. The van der Waals surface area contributed by atoms with Crippen LogP contribution in [0.5, 0.6) is 0 Å². The summed E-state index contributed by atoms with van der Waals surface area (Å²) in [6, 6.07) is 10.9. The number of carbonyl (C=O) groups is 1. The van der Waals surface area contributed by atoms with E-state index in [1.54, 1.807) is 35.1 Å². The Labute approximate surface area is 239 Å². The minimum Gasteiger partial charge on any atom is -0.307 e. The highest BCUT2D eigenvalue weighted by Crippen LogP contribution is 2.32. The monoisotopic (exact) mass is 571 g/mol. The number of hydrogen-bond donors (Lipinski definition) is 1. The summed E-state index contributed by atoms with van der Waals surface area (Å²) in [5, 5.41) is 12.4. The molecular formula is C30H33N7O3S. The average Bonchev–Trinajstić information content (AvgIpc) is 3.58. The number of carbonyl (C=O) groups excluding carboxylic acids is 1. The quantitative estimate of drug-likeness (QED) is 0.350. The minimum atomic E-state index is -3.22. The number of allylic oxidation sites excluding steroid dienone is 4. The van der Waals surface area contributed by atoms with Crippen LogP contribution in [-0.4, -0.2) is 62.9 Å². The molecule has 212 valence electrons. The number of nitrogens with zero attached hydrogens (tertiary/aromatic N) is 6. The van der Waals surface area contributed by atoms with E-state index in [-0.39, 0.29) is 17.9 Å². The van der Waals surface area contributed by atoms with Gasteiger partial charge in [-0.2, -0.15) is 10.2 Å². The summed E-state index contributed by atoms with van der Waals surface area (Å²) in [5.41, 5.74) is 4.15. The number of piperidine rings is 1. The Morgan fingerprint density at radius 3 is 2.78 bits per heavy atom. The topological polar surface area (TPSA) is 114 Å². The second kappa shape index (κ2) is 11.1. The van der Waals surface area contributed by atoms with Crippen LogP contribution in [0.25, 0.3) is 5.65 Å². The Balaban J connectivity index is 1.23. The van der Waals surface area contributed by atoms with Crippen LogP contribution in [0.3, 0.4) is 0 Å². The molecule has 4 aromatic rings. The number of anilines is 1. The molecule has 1 aromatic carbocycles. The van der Waals surface area contributed by atoms with E-state index in [0.717, 1.165) is 50.2 Å². The lowest BCUT2D eigenvalue weighted by Crippen LogP contribution is -2.34. The molecule has 0 spiro atoms. The van der Waals surface area contributed by atoms with Crippen molar-refractivity contribution in [2.45, 2.75) is 49.6 Å². The number of benzene rings is 1. The Bertz CT molecular complexity index is 1750. The van der Waals surface area contributed by atoms with Gasteiger partial charge in [0.15, 0.2) is 15.5 Å². The second-order valence-corrected chi connectivity index (χ2v) is 12.9. The van der Waals surface area contributed by atoms with E-state index in [1.807, 2.05) is 22.9 Å². The van der Waals surface area contributed by atoms with E-state index in [2.05, 4.69) is 45.5 Å². The molecule has 1 aliphatic heterocycles. The Hall–Kier alpha value is -4.09. The lowest BCUT2D eigenvalue weighted by atomic mass is 9.94. The number of likely N-dealkylation sites (tertiary alicyclic amines) is 1. The van der Waals surface area contributed by atoms with Crippen LogP contribution in [0, 0.1) is 0 Å². The zero-order chi connectivity index (χ0) is 28.6. The lowest BCUT2D eigenvalue weighted by Gasteiger charge is -2.32. The molecule has 1 N–H and O–H groups in total. The first-order valence-electron chi connectivity index (χ1n) is 13.8. The predicted octanol–water partition coefficient (Wildman–Crippen LogP) is 4.41. The maximum absolute atomic E-state index is 13.4. The molecule has 4 heterocycles. The second-order valence-electron chi connectivity index (χ2n) is 10.9. The van der Waals surface area contributed by atoms with Gasteiger partial charge >= 0.3 is 0 Å². The maximum atomic E-state index is 13.4. The minimum absolute atomic E-state index is 0.00201. The van der Waals surface area contributed by atoms with Crippen molar-refractivity contribution in [3.05, 3.63) is 95.6 Å². The average molecular weight is 572 g/mol. The molecular weight excluding hydrogens is 538 g/mol. The summed E-state index contributed by atoms with van der Waals surface area (Å²) in [6.45, 7) is 4.61. The Morgan fingerprint density at radius 1 is 1.20 bits per heavy atom. The molecule has 11 heteroatoms. The van der Waals surface area contributed by atoms with Gasteiger partial charge in [0.25, 0.3) is 5.91 Å². The number of fused-ring (bicyclic) bond motifs is 1. The number of nitrogens with one attached hydrogen (secondary N) is 1. The third kappa shape index (κ3) is 5.86. The summed E-state index contributed by atoms with van der Waals surface area (Å²) < 4.78 is 27.2. The van der Waals surface area contributed by atoms with Crippen molar-refractivity contribution in [2.24, 2.45) is 0 Å². The molecule has 3 aromatic heterocycles. The molecule has 2 aliphatic rings. The van der Waals surface area contributed by atoms with Crippen LogP contribution in [0.4, 0.5) is 5.82 Å². The summed E-state index contributed by atoms with van der Waals surface area (Å²) >= 11 is 0. The zero-order valence-corrected chi connectivity index (χ0v) is 24.0. The summed E-state index contributed by atoms with van der Waals surface area (Å²) in [7, 11) is -3.22. The third-order valence-electron chi connectivity index (χ3n) is 7.78. The van der Waals surface area contributed by atoms with E-state index in [9.17, 15) is 13.2 Å². The van der Waals surface area contributed by atoms with Crippen molar-refractivity contribution >= 4 is 27.2 Å². The van der Waals surface area contributed by atoms with Gasteiger partial charge in [0.2, 0.25) is 0 Å². The fourth-order valence-corrected chi connectivity index (χ4v) is 6.20. The molecule has 0 bridgehead atoms. The van der Waals surface area contributed by atoms with Gasteiger partial charge in [-0.15, -0.1) is 0 Å². The van der Waals surface area contributed by atoms with Crippen LogP contribution in [-0.2, 0) is 16.4 Å². The molecule has 0 saturated carbocycles. The van der Waals surface area contributed by atoms with Crippen molar-refractivity contribution in [3.8, 4) is 0 Å². The summed E-state index contributed by atoms with van der Waals surface area (Å²) in [5.74, 6) is 0.580. The standard InChI is InChI=1S/C30H33N7O3S/c1-21-6-10-24(11-7-21)37-28(33-30(38)26-18-32-36-16-4-14-31-29(26)36)17-27(34-37)23-5-3-15-35(20-23)19-22-8-12-25(13-9-22)41(2,39)40/h4,6-10,12-14,16-18,23-24H,3,5,11,15,19-20H2,1-2H3,(H,33,38). The SMILES string of the molecule is CC1=CCC(n2nc(C3CCCN(Cc4ccc(S(C)(=O)=O)cc4)C3)cc2NC(=O)c2cnn3cccnc23)C=C1. The Morgan fingerprint density at radius 2 is 2.02 bits per heavy atom. The molecule has 10 nitrogen and oxygen atoms in total. The highest BCUT2D eigenvalue weighted by molar-refractivity contribution is 7.90. The first-order valence-corrected chi connectivity index (χ1v) is 15.7. The van der Waals surface area contributed by atoms with Gasteiger partial charge in [-0.1, -0.05) is 35.9 Å². The smallest absolute Gasteiger partial charge is 0.262 e. The van der Waals surface area contributed by atoms with Gasteiger partial charge in [0.1, 0.15) is 11.4 Å².